The second-order valence-electron chi connectivity index (χ2n) is 8.27. The van der Waals surface area contributed by atoms with Crippen LogP contribution < -0.4 is 14.9 Å². The quantitative estimate of drug-likeness (QED) is 0.201. The third-order valence-corrected chi connectivity index (χ3v) is 7.52. The van der Waals surface area contributed by atoms with E-state index in [1.807, 2.05) is 19.9 Å². The highest BCUT2D eigenvalue weighted by Gasteiger charge is 2.34. The van der Waals surface area contributed by atoms with Crippen molar-refractivity contribution in [3.63, 3.8) is 0 Å². The molecule has 1 heterocycles. The van der Waals surface area contributed by atoms with Gasteiger partial charge in [-0.2, -0.15) is 0 Å². The number of ether oxygens (including phenoxy) is 1. The number of methoxy groups -OCH3 is 1. The maximum Gasteiger partial charge on any atom is 0.419 e. The Labute approximate surface area is 216 Å². The minimum absolute atomic E-state index is 0.168. The summed E-state index contributed by atoms with van der Waals surface area (Å²) in [5.41, 5.74) is 0.655. The molecule has 0 bridgehead atoms. The average molecular weight is 547 g/mol. The lowest BCUT2D eigenvalue weighted by atomic mass is 10.0. The van der Waals surface area contributed by atoms with Gasteiger partial charge in [-0.3, -0.25) is 9.88 Å². The van der Waals surface area contributed by atoms with E-state index in [0.717, 1.165) is 0 Å². The van der Waals surface area contributed by atoms with Gasteiger partial charge < -0.3 is 19.1 Å². The molecule has 0 radical (unpaired) electrons. The summed E-state index contributed by atoms with van der Waals surface area (Å²) in [6, 6.07) is 9.51. The smallest absolute Gasteiger partial charge is 0.419 e. The van der Waals surface area contributed by atoms with Crippen molar-refractivity contribution >= 4 is 48.4 Å². The molecule has 1 unspecified atom stereocenters. The van der Waals surface area contributed by atoms with Crippen molar-refractivity contribution in [1.29, 1.82) is 0 Å². The van der Waals surface area contributed by atoms with Gasteiger partial charge in [0.1, 0.15) is 17.5 Å². The first kappa shape index (κ1) is 29.0. The summed E-state index contributed by atoms with van der Waals surface area (Å²) in [6.45, 7) is 4.43. The predicted molar refractivity (Wildman–Crippen MR) is 139 cm³/mol. The zero-order valence-electron chi connectivity index (χ0n) is 20.4. The highest BCUT2D eigenvalue weighted by molar-refractivity contribution is 7.58. The molecule has 1 aromatic carbocycles. The fourth-order valence-electron chi connectivity index (χ4n) is 3.42. The number of para-hydroxylation sites is 1. The van der Waals surface area contributed by atoms with Gasteiger partial charge in [-0.05, 0) is 30.5 Å². The summed E-state index contributed by atoms with van der Waals surface area (Å²) in [5, 5.41) is 5.69. The van der Waals surface area contributed by atoms with Crippen LogP contribution in [0.3, 0.4) is 0 Å². The molecule has 2 aromatic rings. The second-order valence-corrected chi connectivity index (χ2v) is 11.0. The van der Waals surface area contributed by atoms with Gasteiger partial charge in [0.15, 0.2) is 0 Å². The number of hydrogen-bond donors (Lipinski definition) is 2. The summed E-state index contributed by atoms with van der Waals surface area (Å²) in [4.78, 5) is 25.1. The van der Waals surface area contributed by atoms with Crippen molar-refractivity contribution in [3.05, 3.63) is 48.3 Å². The van der Waals surface area contributed by atoms with Crippen LogP contribution in [0.5, 0.6) is 5.75 Å². The minimum Gasteiger partial charge on any atom is -0.467 e. The Bertz CT molecular complexity index is 1010. The molecular formula is C23H33Cl2N4O5P. The Morgan fingerprint density at radius 1 is 1.14 bits per heavy atom. The highest BCUT2D eigenvalue weighted by Crippen LogP contribution is 2.50. The molecular weight excluding hydrogens is 514 g/mol. The molecule has 1 aromatic heterocycles. The number of benzene rings is 1. The second kappa shape index (κ2) is 13.8. The molecule has 2 atom stereocenters. The summed E-state index contributed by atoms with van der Waals surface area (Å²) < 4.78 is 27.9. The highest BCUT2D eigenvalue weighted by atomic mass is 35.5. The van der Waals surface area contributed by atoms with E-state index < -0.39 is 25.6 Å². The lowest BCUT2D eigenvalue weighted by Crippen LogP contribution is -2.42. The molecule has 12 heteroatoms. The maximum absolute atomic E-state index is 14.1. The Morgan fingerprint density at radius 3 is 2.31 bits per heavy atom. The summed E-state index contributed by atoms with van der Waals surface area (Å²) in [5.74, 6) is 0.0239. The van der Waals surface area contributed by atoms with Crippen molar-refractivity contribution in [2.45, 2.75) is 26.3 Å². The standard InChI is InChI=1S/C23H33Cl2N4O5P/c1-17(2)14-20(23(31)33-4)26-22(30)21-15-18(16-28(21)3)27-35(32,29(12-10-24)13-11-25)34-19-8-6-5-7-9-19/h5-9,15-17,20H,10-14H2,1-4H3,(H,26,30)(H,27,32)/t20-,35?/m0/s1. The number of esters is 1. The average Bonchev–Trinajstić information content (AvgIpc) is 3.17. The number of carbonyl (C=O) groups excluding carboxylic acids is 2. The van der Waals surface area contributed by atoms with Crippen LogP contribution in [0.2, 0.25) is 0 Å². The number of rotatable bonds is 14. The van der Waals surface area contributed by atoms with Gasteiger partial charge in [0, 0.05) is 38.1 Å². The molecule has 0 spiro atoms. The number of nitrogens with zero attached hydrogens (tertiary/aromatic N) is 2. The van der Waals surface area contributed by atoms with Gasteiger partial charge >= 0.3 is 13.6 Å². The summed E-state index contributed by atoms with van der Waals surface area (Å²) in [7, 11) is -0.758. The van der Waals surface area contributed by atoms with Gasteiger partial charge in [-0.15, -0.1) is 23.2 Å². The van der Waals surface area contributed by atoms with E-state index >= 15 is 0 Å². The zero-order valence-corrected chi connectivity index (χ0v) is 22.8. The first-order valence-corrected chi connectivity index (χ1v) is 13.8. The Balaban J connectivity index is 2.32. The predicted octanol–water partition coefficient (Wildman–Crippen LogP) is 4.72. The van der Waals surface area contributed by atoms with E-state index in [4.69, 9.17) is 32.5 Å². The Kier molecular flexibility index (Phi) is 11.4. The third kappa shape index (κ3) is 8.46. The van der Waals surface area contributed by atoms with Gasteiger partial charge in [-0.1, -0.05) is 32.0 Å². The Hall–Kier alpha value is -2.19. The zero-order chi connectivity index (χ0) is 26.0. The van der Waals surface area contributed by atoms with Crippen LogP contribution in [0.1, 0.15) is 30.8 Å². The van der Waals surface area contributed by atoms with Crippen LogP contribution in [0.4, 0.5) is 5.69 Å². The third-order valence-electron chi connectivity index (χ3n) is 5.04. The van der Waals surface area contributed by atoms with Crippen LogP contribution in [0, 0.1) is 5.92 Å². The van der Waals surface area contributed by atoms with Crippen LogP contribution in [0.15, 0.2) is 42.6 Å². The van der Waals surface area contributed by atoms with Gasteiger partial charge in [-0.25, -0.2) is 14.0 Å². The number of nitrogens with one attached hydrogen (secondary N) is 2. The molecule has 35 heavy (non-hydrogen) atoms. The van der Waals surface area contributed by atoms with Crippen molar-refractivity contribution in [1.82, 2.24) is 14.6 Å². The molecule has 0 saturated heterocycles. The molecule has 2 N–H and O–H groups in total. The van der Waals surface area contributed by atoms with Crippen molar-refractivity contribution < 1.29 is 23.4 Å². The molecule has 0 saturated carbocycles. The fraction of sp³-hybridized carbons (Fsp3) is 0.478. The first-order valence-electron chi connectivity index (χ1n) is 11.2. The molecule has 0 aliphatic carbocycles. The van der Waals surface area contributed by atoms with Crippen LogP contribution in [0.25, 0.3) is 0 Å². The number of carbonyl (C=O) groups is 2. The van der Waals surface area contributed by atoms with E-state index in [0.29, 0.717) is 17.9 Å². The van der Waals surface area contributed by atoms with Gasteiger partial charge in [0.05, 0.1) is 12.8 Å². The lowest BCUT2D eigenvalue weighted by Gasteiger charge is -2.30. The molecule has 2 rings (SSSR count). The monoisotopic (exact) mass is 546 g/mol. The molecule has 0 fully saturated rings. The molecule has 1 amide bonds. The number of hydrogen-bond acceptors (Lipinski definition) is 5. The number of alkyl halides is 2. The van der Waals surface area contributed by atoms with E-state index in [-0.39, 0.29) is 36.5 Å². The maximum atomic E-state index is 14.1. The van der Waals surface area contributed by atoms with E-state index in [2.05, 4.69) is 10.4 Å². The van der Waals surface area contributed by atoms with Crippen LogP contribution >= 0.6 is 30.9 Å². The number of aromatic nitrogens is 1. The van der Waals surface area contributed by atoms with Crippen molar-refractivity contribution in [3.8, 4) is 5.75 Å². The lowest BCUT2D eigenvalue weighted by molar-refractivity contribution is -0.143. The van der Waals surface area contributed by atoms with Gasteiger partial charge in [0.2, 0.25) is 0 Å². The Morgan fingerprint density at radius 2 is 1.77 bits per heavy atom. The fourth-order valence-corrected chi connectivity index (χ4v) is 5.95. The summed E-state index contributed by atoms with van der Waals surface area (Å²) in [6.07, 6.45) is 2.05. The molecule has 9 nitrogen and oxygen atoms in total. The number of amides is 1. The van der Waals surface area contributed by atoms with Crippen molar-refractivity contribution in [2.75, 3.05) is 37.0 Å². The molecule has 0 aliphatic heterocycles. The minimum atomic E-state index is -3.71. The van der Waals surface area contributed by atoms with Gasteiger partial charge in [0.25, 0.3) is 5.91 Å². The molecule has 0 aliphatic rings. The normalized spacial score (nSPS) is 13.8. The molecule has 194 valence electrons. The SMILES string of the molecule is COC(=O)[C@H](CC(C)C)NC(=O)c1cc(NP(=O)(Oc2ccccc2)N(CCCl)CCCl)cn1C. The first-order chi connectivity index (χ1) is 16.6. The van der Waals surface area contributed by atoms with Crippen LogP contribution in [-0.2, 0) is 21.1 Å². The number of halogens is 2. The topological polar surface area (TPSA) is 102 Å². The largest absolute Gasteiger partial charge is 0.467 e. The van der Waals surface area contributed by atoms with Crippen LogP contribution in [-0.4, -0.2) is 59.1 Å². The number of anilines is 1. The van der Waals surface area contributed by atoms with Crippen molar-refractivity contribution in [2.24, 2.45) is 13.0 Å². The van der Waals surface area contributed by atoms with E-state index in [9.17, 15) is 14.2 Å². The van der Waals surface area contributed by atoms with E-state index in [1.54, 1.807) is 52.8 Å². The number of aryl methyl sites for hydroxylation is 1. The van der Waals surface area contributed by atoms with E-state index in [1.165, 1.54) is 7.11 Å². The summed E-state index contributed by atoms with van der Waals surface area (Å²) >= 11 is 11.9.